The van der Waals surface area contributed by atoms with E-state index in [1.54, 1.807) is 38.4 Å². The second-order valence-electron chi connectivity index (χ2n) is 9.44. The Morgan fingerprint density at radius 1 is 0.944 bits per heavy atom. The lowest BCUT2D eigenvalue weighted by Gasteiger charge is -2.25. The summed E-state index contributed by atoms with van der Waals surface area (Å²) in [5.41, 5.74) is 3.82. The normalized spacial score (nSPS) is 11.8. The molecule has 0 saturated heterocycles. The van der Waals surface area contributed by atoms with Gasteiger partial charge in [-0.05, 0) is 52.9 Å². The van der Waals surface area contributed by atoms with Crippen LogP contribution in [0.3, 0.4) is 0 Å². The number of benzene rings is 3. The molecule has 8 heteroatoms. The predicted molar refractivity (Wildman–Crippen MR) is 148 cm³/mol. The number of urea groups is 1. The van der Waals surface area contributed by atoms with E-state index in [1.165, 1.54) is 10.5 Å². The summed E-state index contributed by atoms with van der Waals surface area (Å²) in [6.07, 6.45) is 0.361. The summed E-state index contributed by atoms with van der Waals surface area (Å²) in [5.74, 6) is 0.477. The van der Waals surface area contributed by atoms with Gasteiger partial charge in [0.25, 0.3) is 0 Å². The van der Waals surface area contributed by atoms with E-state index in [1.807, 2.05) is 42.5 Å². The molecule has 3 aromatic carbocycles. The lowest BCUT2D eigenvalue weighted by molar-refractivity contribution is -0.120. The van der Waals surface area contributed by atoms with Crippen molar-refractivity contribution in [3.8, 4) is 5.75 Å². The maximum atomic E-state index is 13.4. The van der Waals surface area contributed by atoms with E-state index in [2.05, 4.69) is 47.7 Å². The molecule has 0 saturated carbocycles. The molecular weight excluding hydrogens is 472 g/mol. The number of likely N-dealkylation sites (N-methyl/N-ethyl adjacent to an activating group) is 1. The fraction of sp³-hybridized carbons (Fsp3) is 0.286. The van der Waals surface area contributed by atoms with Gasteiger partial charge in [0.2, 0.25) is 5.91 Å². The summed E-state index contributed by atoms with van der Waals surface area (Å²) in [5, 5.41) is 2.83. The average Bonchev–Trinajstić information content (AvgIpc) is 2.88. The van der Waals surface area contributed by atoms with Crippen LogP contribution in [0, 0.1) is 0 Å². The summed E-state index contributed by atoms with van der Waals surface area (Å²) in [6.45, 7) is 6.49. The molecule has 0 unspecified atom stereocenters. The van der Waals surface area contributed by atoms with Crippen LogP contribution in [-0.4, -0.2) is 32.1 Å². The first-order valence-electron chi connectivity index (χ1n) is 11.7. The number of amides is 3. The molecule has 0 aliphatic rings. The van der Waals surface area contributed by atoms with Crippen LogP contribution in [0.5, 0.6) is 5.75 Å². The highest BCUT2D eigenvalue weighted by atomic mass is 32.2. The topological polar surface area (TPSA) is 82.7 Å². The van der Waals surface area contributed by atoms with Crippen molar-refractivity contribution in [3.63, 3.8) is 0 Å². The van der Waals surface area contributed by atoms with Gasteiger partial charge in [-0.1, -0.05) is 63.2 Å². The number of methoxy groups -OCH3 is 1. The molecule has 36 heavy (non-hydrogen) atoms. The van der Waals surface area contributed by atoms with Crippen molar-refractivity contribution in [2.24, 2.45) is 0 Å². The van der Waals surface area contributed by atoms with Crippen LogP contribution < -0.4 is 24.4 Å². The summed E-state index contributed by atoms with van der Waals surface area (Å²) in [7, 11) is 3.29. The third-order valence-electron chi connectivity index (χ3n) is 5.74. The smallest absolute Gasteiger partial charge is 0.326 e. The molecule has 0 heterocycles. The Labute approximate surface area is 217 Å². The molecule has 0 aromatic heterocycles. The van der Waals surface area contributed by atoms with Crippen molar-refractivity contribution in [1.82, 2.24) is 10.0 Å². The quantitative estimate of drug-likeness (QED) is 0.332. The molecule has 0 spiro atoms. The summed E-state index contributed by atoms with van der Waals surface area (Å²) in [6, 6.07) is 23.7. The van der Waals surface area contributed by atoms with Crippen molar-refractivity contribution in [2.45, 2.75) is 38.6 Å². The van der Waals surface area contributed by atoms with E-state index < -0.39 is 12.1 Å². The number of ether oxygens (including phenoxy) is 1. The van der Waals surface area contributed by atoms with Crippen LogP contribution in [0.1, 0.15) is 31.9 Å². The molecule has 0 fully saturated rings. The summed E-state index contributed by atoms with van der Waals surface area (Å²) in [4.78, 5) is 27.6. The van der Waals surface area contributed by atoms with Gasteiger partial charge in [-0.2, -0.15) is 0 Å². The average molecular weight is 507 g/mol. The minimum absolute atomic E-state index is 0.0725. The molecule has 0 bridgehead atoms. The fourth-order valence-electron chi connectivity index (χ4n) is 3.57. The van der Waals surface area contributed by atoms with Gasteiger partial charge in [-0.15, -0.1) is 0 Å². The minimum Gasteiger partial charge on any atom is -0.497 e. The number of rotatable bonds is 9. The fourth-order valence-corrected chi connectivity index (χ4v) is 4.03. The molecule has 0 aliphatic carbocycles. The van der Waals surface area contributed by atoms with E-state index in [4.69, 9.17) is 4.74 Å². The molecule has 7 nitrogen and oxygen atoms in total. The number of hydrogen-bond donors (Lipinski definition) is 3. The van der Waals surface area contributed by atoms with Crippen molar-refractivity contribution < 1.29 is 14.3 Å². The zero-order valence-corrected chi connectivity index (χ0v) is 22.2. The van der Waals surface area contributed by atoms with Crippen molar-refractivity contribution in [1.29, 1.82) is 0 Å². The first kappa shape index (κ1) is 26.9. The van der Waals surface area contributed by atoms with Gasteiger partial charge >= 0.3 is 6.03 Å². The largest absolute Gasteiger partial charge is 0.497 e. The highest BCUT2D eigenvalue weighted by Crippen LogP contribution is 2.24. The maximum Gasteiger partial charge on any atom is 0.326 e. The Bertz CT molecular complexity index is 1130. The van der Waals surface area contributed by atoms with Crippen LogP contribution in [0.15, 0.2) is 78.9 Å². The van der Waals surface area contributed by atoms with Crippen LogP contribution in [0.2, 0.25) is 0 Å². The number of nitrogens with zero attached hydrogens (tertiary/aromatic N) is 1. The highest BCUT2D eigenvalue weighted by molar-refractivity contribution is 7.99. The molecular formula is C28H34N4O3S. The summed E-state index contributed by atoms with van der Waals surface area (Å²) >= 11 is 1.05. The van der Waals surface area contributed by atoms with Gasteiger partial charge in [0.15, 0.2) is 0 Å². The van der Waals surface area contributed by atoms with E-state index in [0.29, 0.717) is 17.9 Å². The number of anilines is 2. The van der Waals surface area contributed by atoms with Crippen LogP contribution in [-0.2, 0) is 16.6 Å². The van der Waals surface area contributed by atoms with Crippen LogP contribution in [0.25, 0.3) is 0 Å². The van der Waals surface area contributed by atoms with Crippen molar-refractivity contribution in [2.75, 3.05) is 23.8 Å². The maximum absolute atomic E-state index is 13.4. The summed E-state index contributed by atoms with van der Waals surface area (Å²) < 4.78 is 11.0. The first-order chi connectivity index (χ1) is 17.2. The molecule has 0 radical (unpaired) electrons. The lowest BCUT2D eigenvalue weighted by atomic mass is 9.87. The Hall–Kier alpha value is -3.65. The molecule has 3 N–H and O–H groups in total. The van der Waals surface area contributed by atoms with Gasteiger partial charge in [0.05, 0.1) is 19.2 Å². The van der Waals surface area contributed by atoms with Gasteiger partial charge in [0.1, 0.15) is 11.8 Å². The van der Waals surface area contributed by atoms with E-state index in [0.717, 1.165) is 23.4 Å². The minimum atomic E-state index is -0.758. The Morgan fingerprint density at radius 3 is 2.17 bits per heavy atom. The zero-order valence-electron chi connectivity index (χ0n) is 21.4. The SMILES string of the molecule is COc1ccc(N(C)C(=O)[C@H](Cc2ccccc2)NC(=O)NSNc2ccc(C(C)(C)C)cc2)cc1. The van der Waals surface area contributed by atoms with Gasteiger partial charge < -0.3 is 19.7 Å². The number of carbonyl (C=O) groups excluding carboxylic acids is 2. The molecule has 3 aromatic rings. The van der Waals surface area contributed by atoms with Gasteiger partial charge in [-0.25, -0.2) is 4.79 Å². The van der Waals surface area contributed by atoms with Crippen molar-refractivity contribution in [3.05, 3.63) is 90.0 Å². The molecule has 1 atom stereocenters. The first-order valence-corrected chi connectivity index (χ1v) is 12.5. The Kier molecular flexibility index (Phi) is 9.25. The third kappa shape index (κ3) is 7.68. The molecule has 3 amide bonds. The highest BCUT2D eigenvalue weighted by Gasteiger charge is 2.25. The molecule has 0 aliphatic heterocycles. The number of nitrogens with one attached hydrogen (secondary N) is 3. The number of hydrogen-bond acceptors (Lipinski definition) is 5. The van der Waals surface area contributed by atoms with E-state index in [-0.39, 0.29) is 11.3 Å². The third-order valence-corrected chi connectivity index (χ3v) is 6.37. The Balaban J connectivity index is 1.63. The van der Waals surface area contributed by atoms with Gasteiger partial charge in [0, 0.05) is 24.8 Å². The predicted octanol–water partition coefficient (Wildman–Crippen LogP) is 5.54. The monoisotopic (exact) mass is 506 g/mol. The molecule has 190 valence electrons. The van der Waals surface area contributed by atoms with Crippen LogP contribution >= 0.6 is 12.1 Å². The van der Waals surface area contributed by atoms with Crippen molar-refractivity contribution >= 4 is 35.4 Å². The van der Waals surface area contributed by atoms with E-state index >= 15 is 0 Å². The van der Waals surface area contributed by atoms with Crippen LogP contribution in [0.4, 0.5) is 16.2 Å². The Morgan fingerprint density at radius 2 is 1.58 bits per heavy atom. The molecule has 3 rings (SSSR count). The zero-order chi connectivity index (χ0) is 26.1. The standard InChI is InChI=1S/C28H34N4O3S/c1-28(2,3)21-11-13-22(14-12-21)30-36-31-27(34)29-25(19-20-9-7-6-8-10-20)26(33)32(4)23-15-17-24(35-5)18-16-23/h6-18,25,30H,19H2,1-5H3,(H2,29,31,34)/t25-/m0/s1. The van der Waals surface area contributed by atoms with E-state index in [9.17, 15) is 9.59 Å². The second kappa shape index (κ2) is 12.4. The lowest BCUT2D eigenvalue weighted by Crippen LogP contribution is -2.50. The number of carbonyl (C=O) groups is 2. The second-order valence-corrected chi connectivity index (χ2v) is 10.1. The van der Waals surface area contributed by atoms with Gasteiger partial charge in [-0.3, -0.25) is 9.52 Å².